The number of amides is 1. The number of rotatable bonds is 2. The minimum Gasteiger partial charge on any atom is -0.444 e. The summed E-state index contributed by atoms with van der Waals surface area (Å²) in [5.41, 5.74) is 6.17. The van der Waals surface area contributed by atoms with Crippen LogP contribution in [0, 0.1) is 0 Å². The molecule has 1 aromatic carbocycles. The summed E-state index contributed by atoms with van der Waals surface area (Å²) in [5, 5.41) is 3.34. The molecule has 4 nitrogen and oxygen atoms in total. The van der Waals surface area contributed by atoms with Gasteiger partial charge in [0.2, 0.25) is 0 Å². The predicted molar refractivity (Wildman–Crippen MR) is 73.9 cm³/mol. The number of carbonyl (C=O) groups excluding carboxylic acids is 1. The second-order valence-corrected chi connectivity index (χ2v) is 5.64. The van der Waals surface area contributed by atoms with Crippen LogP contribution in [0.5, 0.6) is 0 Å². The minimum absolute atomic E-state index is 0.272. The number of halogens is 2. The number of hydrogen-bond acceptors (Lipinski definition) is 3. The SMILES string of the molecule is CC(C)(C)OC(=O)NCc1cc(Cl)c(N)c(Cl)c1. The Morgan fingerprint density at radius 2 is 1.83 bits per heavy atom. The molecule has 0 aromatic heterocycles. The van der Waals surface area contributed by atoms with E-state index >= 15 is 0 Å². The minimum atomic E-state index is -0.527. The molecule has 6 heteroatoms. The predicted octanol–water partition coefficient (Wildman–Crippen LogP) is 3.60. The molecule has 0 saturated heterocycles. The van der Waals surface area contributed by atoms with E-state index in [0.717, 1.165) is 5.56 Å². The Morgan fingerprint density at radius 1 is 1.33 bits per heavy atom. The summed E-state index contributed by atoms with van der Waals surface area (Å²) in [6, 6.07) is 3.31. The van der Waals surface area contributed by atoms with Gasteiger partial charge in [-0.1, -0.05) is 23.2 Å². The van der Waals surface area contributed by atoms with E-state index in [0.29, 0.717) is 15.7 Å². The first-order chi connectivity index (χ1) is 8.19. The van der Waals surface area contributed by atoms with Crippen molar-refractivity contribution in [1.82, 2.24) is 5.32 Å². The highest BCUT2D eigenvalue weighted by atomic mass is 35.5. The highest BCUT2D eigenvalue weighted by Gasteiger charge is 2.15. The van der Waals surface area contributed by atoms with Crippen LogP contribution in [-0.4, -0.2) is 11.7 Å². The maximum absolute atomic E-state index is 11.4. The second kappa shape index (κ2) is 5.67. The Bertz CT molecular complexity index is 433. The molecule has 0 saturated carbocycles. The first kappa shape index (κ1) is 14.9. The molecule has 0 bridgehead atoms. The molecule has 0 aliphatic rings. The van der Waals surface area contributed by atoms with Crippen LogP contribution in [0.25, 0.3) is 0 Å². The quantitative estimate of drug-likeness (QED) is 0.818. The van der Waals surface area contributed by atoms with Crippen molar-refractivity contribution in [2.24, 2.45) is 0 Å². The molecular weight excluding hydrogens is 275 g/mol. The topological polar surface area (TPSA) is 64.3 Å². The molecule has 1 amide bonds. The Kier molecular flexibility index (Phi) is 4.71. The van der Waals surface area contributed by atoms with E-state index in [9.17, 15) is 4.79 Å². The lowest BCUT2D eigenvalue weighted by molar-refractivity contribution is 0.0523. The molecule has 0 unspecified atom stereocenters. The summed E-state index contributed by atoms with van der Waals surface area (Å²) in [5.74, 6) is 0. The van der Waals surface area contributed by atoms with Gasteiger partial charge in [-0.3, -0.25) is 0 Å². The van der Waals surface area contributed by atoms with E-state index < -0.39 is 11.7 Å². The molecule has 100 valence electrons. The van der Waals surface area contributed by atoms with Gasteiger partial charge >= 0.3 is 6.09 Å². The highest BCUT2D eigenvalue weighted by Crippen LogP contribution is 2.28. The van der Waals surface area contributed by atoms with Crippen LogP contribution in [0.2, 0.25) is 10.0 Å². The Morgan fingerprint density at radius 3 is 2.28 bits per heavy atom. The smallest absolute Gasteiger partial charge is 0.407 e. The summed E-state index contributed by atoms with van der Waals surface area (Å²) < 4.78 is 5.10. The van der Waals surface area contributed by atoms with E-state index in [1.807, 2.05) is 0 Å². The molecule has 0 heterocycles. The van der Waals surface area contributed by atoms with Crippen molar-refractivity contribution in [1.29, 1.82) is 0 Å². The van der Waals surface area contributed by atoms with Gasteiger partial charge in [-0.2, -0.15) is 0 Å². The largest absolute Gasteiger partial charge is 0.444 e. The molecule has 0 aliphatic heterocycles. The molecule has 0 radical (unpaired) electrons. The molecule has 0 atom stereocenters. The third-order valence-corrected chi connectivity index (χ3v) is 2.60. The Labute approximate surface area is 116 Å². The van der Waals surface area contributed by atoms with Crippen molar-refractivity contribution >= 4 is 35.0 Å². The van der Waals surface area contributed by atoms with Gasteiger partial charge in [-0.15, -0.1) is 0 Å². The lowest BCUT2D eigenvalue weighted by Gasteiger charge is -2.19. The van der Waals surface area contributed by atoms with Crippen LogP contribution in [-0.2, 0) is 11.3 Å². The van der Waals surface area contributed by atoms with Gasteiger partial charge in [-0.25, -0.2) is 4.79 Å². The number of ether oxygens (including phenoxy) is 1. The lowest BCUT2D eigenvalue weighted by atomic mass is 10.2. The van der Waals surface area contributed by atoms with Gasteiger partial charge in [0, 0.05) is 6.54 Å². The van der Waals surface area contributed by atoms with Gasteiger partial charge < -0.3 is 15.8 Å². The molecular formula is C12H16Cl2N2O2. The van der Waals surface area contributed by atoms with E-state index in [4.69, 9.17) is 33.7 Å². The highest BCUT2D eigenvalue weighted by molar-refractivity contribution is 6.38. The van der Waals surface area contributed by atoms with E-state index in [2.05, 4.69) is 5.32 Å². The number of nitrogens with one attached hydrogen (secondary N) is 1. The van der Waals surface area contributed by atoms with Crippen LogP contribution in [0.3, 0.4) is 0 Å². The summed E-state index contributed by atoms with van der Waals surface area (Å²) in [6.45, 7) is 5.66. The van der Waals surface area contributed by atoms with Gasteiger partial charge in [0.05, 0.1) is 15.7 Å². The number of hydrogen-bond donors (Lipinski definition) is 2. The van der Waals surface area contributed by atoms with Crippen LogP contribution >= 0.6 is 23.2 Å². The molecule has 0 spiro atoms. The number of benzene rings is 1. The van der Waals surface area contributed by atoms with Crippen LogP contribution < -0.4 is 11.1 Å². The number of nitrogens with two attached hydrogens (primary N) is 1. The summed E-state index contributed by atoms with van der Waals surface area (Å²) in [6.07, 6.45) is -0.494. The van der Waals surface area contributed by atoms with Crippen molar-refractivity contribution in [3.05, 3.63) is 27.7 Å². The average Bonchev–Trinajstić information content (AvgIpc) is 2.20. The van der Waals surface area contributed by atoms with Crippen molar-refractivity contribution < 1.29 is 9.53 Å². The van der Waals surface area contributed by atoms with Crippen molar-refractivity contribution in [3.63, 3.8) is 0 Å². The zero-order chi connectivity index (χ0) is 13.9. The second-order valence-electron chi connectivity index (χ2n) is 4.83. The molecule has 18 heavy (non-hydrogen) atoms. The number of nitrogen functional groups attached to an aromatic ring is 1. The van der Waals surface area contributed by atoms with Crippen LogP contribution in [0.15, 0.2) is 12.1 Å². The fourth-order valence-electron chi connectivity index (χ4n) is 1.23. The zero-order valence-electron chi connectivity index (χ0n) is 10.5. The molecule has 3 N–H and O–H groups in total. The third kappa shape index (κ3) is 4.63. The van der Waals surface area contributed by atoms with E-state index in [-0.39, 0.29) is 6.54 Å². The molecule has 1 aromatic rings. The number of alkyl carbamates (subject to hydrolysis) is 1. The fourth-order valence-corrected chi connectivity index (χ4v) is 1.76. The summed E-state index contributed by atoms with van der Waals surface area (Å²) >= 11 is 11.8. The Balaban J connectivity index is 2.62. The first-order valence-electron chi connectivity index (χ1n) is 5.39. The summed E-state index contributed by atoms with van der Waals surface area (Å²) in [4.78, 5) is 11.4. The maximum atomic E-state index is 11.4. The molecule has 0 aliphatic carbocycles. The van der Waals surface area contributed by atoms with E-state index in [1.54, 1.807) is 32.9 Å². The third-order valence-electron chi connectivity index (χ3n) is 1.97. The monoisotopic (exact) mass is 290 g/mol. The molecule has 0 fully saturated rings. The first-order valence-corrected chi connectivity index (χ1v) is 6.15. The van der Waals surface area contributed by atoms with E-state index in [1.165, 1.54) is 0 Å². The van der Waals surface area contributed by atoms with Gasteiger partial charge in [0.25, 0.3) is 0 Å². The summed E-state index contributed by atoms with van der Waals surface area (Å²) in [7, 11) is 0. The van der Waals surface area contributed by atoms with Crippen molar-refractivity contribution in [3.8, 4) is 0 Å². The van der Waals surface area contributed by atoms with Crippen LogP contribution in [0.1, 0.15) is 26.3 Å². The normalized spacial score (nSPS) is 11.2. The number of anilines is 1. The fraction of sp³-hybridized carbons (Fsp3) is 0.417. The van der Waals surface area contributed by atoms with Crippen LogP contribution in [0.4, 0.5) is 10.5 Å². The van der Waals surface area contributed by atoms with Crippen molar-refractivity contribution in [2.45, 2.75) is 32.9 Å². The maximum Gasteiger partial charge on any atom is 0.407 e. The van der Waals surface area contributed by atoms with Gasteiger partial charge in [0.15, 0.2) is 0 Å². The van der Waals surface area contributed by atoms with Gasteiger partial charge in [0.1, 0.15) is 5.60 Å². The zero-order valence-corrected chi connectivity index (χ0v) is 12.0. The standard InChI is InChI=1S/C12H16Cl2N2O2/c1-12(2,3)18-11(17)16-6-7-4-8(13)10(15)9(14)5-7/h4-5H,6,15H2,1-3H3,(H,16,17). The number of carbonyl (C=O) groups is 1. The average molecular weight is 291 g/mol. The van der Waals surface area contributed by atoms with Gasteiger partial charge in [-0.05, 0) is 38.5 Å². The lowest BCUT2D eigenvalue weighted by Crippen LogP contribution is -2.32. The molecule has 1 rings (SSSR count). The van der Waals surface area contributed by atoms with Crippen molar-refractivity contribution in [2.75, 3.05) is 5.73 Å². The Hall–Kier alpha value is -1.13.